The fourth-order valence-corrected chi connectivity index (χ4v) is 2.82. The fourth-order valence-electron chi connectivity index (χ4n) is 2.82. The fraction of sp³-hybridized carbons (Fsp3) is 0.800. The third-order valence-electron chi connectivity index (χ3n) is 4.02. The molecule has 0 saturated heterocycles. The summed E-state index contributed by atoms with van der Waals surface area (Å²) in [4.78, 5) is 6.72. The van der Waals surface area contributed by atoms with Crippen molar-refractivity contribution in [3.05, 3.63) is 12.4 Å². The summed E-state index contributed by atoms with van der Waals surface area (Å²) in [6.07, 6.45) is 11.9. The summed E-state index contributed by atoms with van der Waals surface area (Å²) in [7, 11) is 4.24. The Morgan fingerprint density at radius 3 is 2.79 bits per heavy atom. The van der Waals surface area contributed by atoms with Gasteiger partial charge in [0.1, 0.15) is 0 Å². The van der Waals surface area contributed by atoms with Gasteiger partial charge in [0.25, 0.3) is 0 Å². The van der Waals surface area contributed by atoms with Crippen molar-refractivity contribution in [2.75, 3.05) is 26.0 Å². The summed E-state index contributed by atoms with van der Waals surface area (Å²) in [6.45, 7) is 3.35. The Labute approximate surface area is 117 Å². The van der Waals surface area contributed by atoms with Crippen molar-refractivity contribution in [3.8, 4) is 0 Å². The van der Waals surface area contributed by atoms with E-state index in [1.807, 2.05) is 6.20 Å². The first kappa shape index (κ1) is 14.4. The first-order chi connectivity index (χ1) is 9.16. The van der Waals surface area contributed by atoms with Crippen LogP contribution >= 0.6 is 0 Å². The predicted molar refractivity (Wildman–Crippen MR) is 80.6 cm³/mol. The van der Waals surface area contributed by atoms with E-state index in [2.05, 4.69) is 47.0 Å². The topological polar surface area (TPSA) is 33.1 Å². The third kappa shape index (κ3) is 4.23. The summed E-state index contributed by atoms with van der Waals surface area (Å²) in [5, 5.41) is 3.57. The van der Waals surface area contributed by atoms with Gasteiger partial charge < -0.3 is 14.8 Å². The molecule has 0 spiro atoms. The molecule has 4 nitrogen and oxygen atoms in total. The smallest absolute Gasteiger partial charge is 0.203 e. The van der Waals surface area contributed by atoms with Crippen LogP contribution in [0.1, 0.15) is 51.5 Å². The van der Waals surface area contributed by atoms with Gasteiger partial charge in [-0.2, -0.15) is 0 Å². The number of nitrogens with zero attached hydrogens (tertiary/aromatic N) is 3. The maximum atomic E-state index is 4.50. The van der Waals surface area contributed by atoms with Crippen molar-refractivity contribution in [2.24, 2.45) is 0 Å². The van der Waals surface area contributed by atoms with E-state index in [1.54, 1.807) is 0 Å². The molecule has 4 heteroatoms. The third-order valence-corrected chi connectivity index (χ3v) is 4.02. The van der Waals surface area contributed by atoms with Gasteiger partial charge in [0.2, 0.25) is 5.95 Å². The Kier molecular flexibility index (Phi) is 5.25. The molecule has 1 N–H and O–H groups in total. The van der Waals surface area contributed by atoms with Crippen molar-refractivity contribution in [2.45, 2.75) is 57.5 Å². The van der Waals surface area contributed by atoms with E-state index in [1.165, 1.54) is 32.1 Å². The van der Waals surface area contributed by atoms with Crippen LogP contribution in [0.3, 0.4) is 0 Å². The molecule has 0 bridgehead atoms. The molecule has 19 heavy (non-hydrogen) atoms. The first-order valence-electron chi connectivity index (χ1n) is 7.61. The molecule has 0 amide bonds. The molecule has 1 atom stereocenters. The molecule has 1 fully saturated rings. The number of nitrogens with one attached hydrogen (secondary N) is 1. The molecule has 1 saturated carbocycles. The van der Waals surface area contributed by atoms with E-state index in [0.29, 0.717) is 12.1 Å². The maximum absolute atomic E-state index is 4.50. The number of hydrogen-bond acceptors (Lipinski definition) is 3. The zero-order valence-electron chi connectivity index (χ0n) is 12.6. The molecule has 1 aliphatic carbocycles. The predicted octanol–water partition coefficient (Wildman–Crippen LogP) is 3.14. The minimum absolute atomic E-state index is 0.465. The molecular formula is C15H28N4. The molecule has 0 aliphatic heterocycles. The van der Waals surface area contributed by atoms with Crippen LogP contribution in [-0.4, -0.2) is 41.1 Å². The lowest BCUT2D eigenvalue weighted by Crippen LogP contribution is -2.25. The van der Waals surface area contributed by atoms with E-state index >= 15 is 0 Å². The highest BCUT2D eigenvalue weighted by Gasteiger charge is 2.18. The summed E-state index contributed by atoms with van der Waals surface area (Å²) < 4.78 is 2.35. The van der Waals surface area contributed by atoms with E-state index in [0.717, 1.165) is 18.9 Å². The van der Waals surface area contributed by atoms with Crippen LogP contribution in [0.5, 0.6) is 0 Å². The van der Waals surface area contributed by atoms with Crippen molar-refractivity contribution in [1.29, 1.82) is 0 Å². The largest absolute Gasteiger partial charge is 0.353 e. The van der Waals surface area contributed by atoms with E-state index in [4.69, 9.17) is 0 Å². The molecule has 108 valence electrons. The minimum Gasteiger partial charge on any atom is -0.353 e. The first-order valence-corrected chi connectivity index (χ1v) is 7.61. The molecule has 1 aromatic rings. The summed E-state index contributed by atoms with van der Waals surface area (Å²) in [6, 6.07) is 1.12. The second-order valence-corrected chi connectivity index (χ2v) is 6.09. The monoisotopic (exact) mass is 264 g/mol. The van der Waals surface area contributed by atoms with Crippen molar-refractivity contribution < 1.29 is 0 Å². The van der Waals surface area contributed by atoms with Crippen LogP contribution in [0.4, 0.5) is 5.95 Å². The normalized spacial score (nSPS) is 18.7. The standard InChI is InChI=1S/C15H28N4/c1-13(9-11-18(2)3)17-15-16-10-12-19(15)14-7-5-4-6-8-14/h10,12-14H,4-9,11H2,1-3H3,(H,16,17). The van der Waals surface area contributed by atoms with Crippen molar-refractivity contribution in [3.63, 3.8) is 0 Å². The van der Waals surface area contributed by atoms with E-state index in [9.17, 15) is 0 Å². The quantitative estimate of drug-likeness (QED) is 0.857. The Bertz CT molecular complexity index is 366. The highest BCUT2D eigenvalue weighted by molar-refractivity contribution is 5.28. The van der Waals surface area contributed by atoms with E-state index in [-0.39, 0.29) is 0 Å². The molecule has 0 aromatic carbocycles. The van der Waals surface area contributed by atoms with Crippen LogP contribution in [-0.2, 0) is 0 Å². The minimum atomic E-state index is 0.465. The lowest BCUT2D eigenvalue weighted by molar-refractivity contribution is 0.354. The van der Waals surface area contributed by atoms with Gasteiger partial charge in [-0.3, -0.25) is 0 Å². The van der Waals surface area contributed by atoms with Crippen LogP contribution in [0, 0.1) is 0 Å². The van der Waals surface area contributed by atoms with Gasteiger partial charge in [-0.25, -0.2) is 4.98 Å². The van der Waals surface area contributed by atoms with Crippen LogP contribution < -0.4 is 5.32 Å². The Morgan fingerprint density at radius 2 is 2.11 bits per heavy atom. The van der Waals surface area contributed by atoms with Crippen LogP contribution in [0.15, 0.2) is 12.4 Å². The molecule has 1 aliphatic rings. The Hall–Kier alpha value is -1.03. The summed E-state index contributed by atoms with van der Waals surface area (Å²) >= 11 is 0. The average molecular weight is 264 g/mol. The number of imidazole rings is 1. The number of rotatable bonds is 6. The van der Waals surface area contributed by atoms with Gasteiger partial charge in [0, 0.05) is 24.5 Å². The summed E-state index contributed by atoms with van der Waals surface area (Å²) in [5.41, 5.74) is 0. The van der Waals surface area contributed by atoms with Gasteiger partial charge in [0.05, 0.1) is 0 Å². The van der Waals surface area contributed by atoms with Crippen LogP contribution in [0.25, 0.3) is 0 Å². The average Bonchev–Trinajstić information content (AvgIpc) is 2.85. The zero-order valence-corrected chi connectivity index (χ0v) is 12.6. The second kappa shape index (κ2) is 6.94. The zero-order chi connectivity index (χ0) is 13.7. The highest BCUT2D eigenvalue weighted by atomic mass is 15.2. The molecule has 2 rings (SSSR count). The molecular weight excluding hydrogens is 236 g/mol. The lowest BCUT2D eigenvalue weighted by atomic mass is 9.95. The molecule has 1 unspecified atom stereocenters. The molecule has 1 aromatic heterocycles. The van der Waals surface area contributed by atoms with Gasteiger partial charge >= 0.3 is 0 Å². The molecule has 1 heterocycles. The number of hydrogen-bond donors (Lipinski definition) is 1. The number of aromatic nitrogens is 2. The Morgan fingerprint density at radius 1 is 1.37 bits per heavy atom. The lowest BCUT2D eigenvalue weighted by Gasteiger charge is -2.26. The van der Waals surface area contributed by atoms with Gasteiger partial charge in [-0.15, -0.1) is 0 Å². The Balaban J connectivity index is 1.91. The number of anilines is 1. The maximum Gasteiger partial charge on any atom is 0.203 e. The van der Waals surface area contributed by atoms with Gasteiger partial charge in [-0.05, 0) is 46.8 Å². The highest BCUT2D eigenvalue weighted by Crippen LogP contribution is 2.30. The van der Waals surface area contributed by atoms with E-state index < -0.39 is 0 Å². The van der Waals surface area contributed by atoms with Gasteiger partial charge in [-0.1, -0.05) is 19.3 Å². The van der Waals surface area contributed by atoms with Crippen molar-refractivity contribution >= 4 is 5.95 Å². The SMILES string of the molecule is CC(CCN(C)C)Nc1nccn1C1CCCCC1. The molecule has 0 radical (unpaired) electrons. The van der Waals surface area contributed by atoms with Crippen molar-refractivity contribution in [1.82, 2.24) is 14.5 Å². The summed E-state index contributed by atoms with van der Waals surface area (Å²) in [5.74, 6) is 1.05. The second-order valence-electron chi connectivity index (χ2n) is 6.09. The van der Waals surface area contributed by atoms with Gasteiger partial charge in [0.15, 0.2) is 0 Å². The van der Waals surface area contributed by atoms with Crippen LogP contribution in [0.2, 0.25) is 0 Å².